The Bertz CT molecular complexity index is 701. The highest BCUT2D eigenvalue weighted by molar-refractivity contribution is 5.96. The molecule has 1 fully saturated rings. The van der Waals surface area contributed by atoms with Crippen LogP contribution in [0.2, 0.25) is 0 Å². The Morgan fingerprint density at radius 2 is 1.85 bits per heavy atom. The fraction of sp³-hybridized carbons (Fsp3) is 0.500. The number of likely N-dealkylation sites (tertiary alicyclic amines) is 1. The molecule has 142 valence electrons. The van der Waals surface area contributed by atoms with E-state index in [4.69, 9.17) is 0 Å². The number of amides is 2. The number of piperidine rings is 1. The van der Waals surface area contributed by atoms with Gasteiger partial charge in [0.05, 0.1) is 18.4 Å². The summed E-state index contributed by atoms with van der Waals surface area (Å²) in [4.78, 5) is 37.5. The minimum absolute atomic E-state index is 0.0682. The van der Waals surface area contributed by atoms with E-state index in [0.29, 0.717) is 38.4 Å². The minimum atomic E-state index is -1.06. The first-order chi connectivity index (χ1) is 12.4. The molecule has 0 radical (unpaired) electrons. The van der Waals surface area contributed by atoms with Crippen molar-refractivity contribution in [3.63, 3.8) is 0 Å². The van der Waals surface area contributed by atoms with Gasteiger partial charge < -0.3 is 15.0 Å². The van der Waals surface area contributed by atoms with Gasteiger partial charge in [-0.1, -0.05) is 6.92 Å². The second kappa shape index (κ2) is 8.73. The molecular weight excluding hydrogens is 346 g/mol. The Morgan fingerprint density at radius 3 is 2.42 bits per heavy atom. The molecule has 0 spiro atoms. The van der Waals surface area contributed by atoms with E-state index in [1.165, 1.54) is 0 Å². The molecule has 0 aliphatic carbocycles. The summed E-state index contributed by atoms with van der Waals surface area (Å²) in [5.41, 5.74) is -0.731. The van der Waals surface area contributed by atoms with Crippen molar-refractivity contribution in [2.75, 3.05) is 25.5 Å². The molecule has 26 heavy (non-hydrogen) atoms. The zero-order valence-corrected chi connectivity index (χ0v) is 14.8. The molecule has 2 rings (SSSR count). The maximum absolute atomic E-state index is 13.9. The standard InChI is InChI=1S/C18H22F2N2O4/c1-3-4-16(23)22-7-5-11(6-8-22)17(24)21-15-9-12(18(25)26-2)13(19)10-14(15)20/h9-11H,3-8H2,1-2H3,(H,21,24). The summed E-state index contributed by atoms with van der Waals surface area (Å²) >= 11 is 0. The lowest BCUT2D eigenvalue weighted by atomic mass is 9.95. The number of hydrogen-bond acceptors (Lipinski definition) is 4. The molecule has 0 unspecified atom stereocenters. The first-order valence-electron chi connectivity index (χ1n) is 8.53. The fourth-order valence-corrected chi connectivity index (χ4v) is 2.91. The second-order valence-electron chi connectivity index (χ2n) is 6.20. The van der Waals surface area contributed by atoms with Gasteiger partial charge in [0.25, 0.3) is 0 Å². The topological polar surface area (TPSA) is 75.7 Å². The molecule has 1 N–H and O–H groups in total. The van der Waals surface area contributed by atoms with Crippen LogP contribution in [0.5, 0.6) is 0 Å². The normalized spacial score (nSPS) is 14.8. The molecular formula is C18H22F2N2O4. The number of carbonyl (C=O) groups is 3. The molecule has 1 aromatic rings. The van der Waals surface area contributed by atoms with Crippen LogP contribution in [0.1, 0.15) is 43.0 Å². The molecule has 0 aromatic heterocycles. The second-order valence-corrected chi connectivity index (χ2v) is 6.20. The lowest BCUT2D eigenvalue weighted by Crippen LogP contribution is -2.41. The summed E-state index contributed by atoms with van der Waals surface area (Å²) in [5.74, 6) is -3.73. The summed E-state index contributed by atoms with van der Waals surface area (Å²) in [6.45, 7) is 2.87. The van der Waals surface area contributed by atoms with Crippen molar-refractivity contribution in [1.82, 2.24) is 4.90 Å². The number of ether oxygens (including phenoxy) is 1. The quantitative estimate of drug-likeness (QED) is 0.811. The van der Waals surface area contributed by atoms with Crippen molar-refractivity contribution in [2.45, 2.75) is 32.6 Å². The van der Waals surface area contributed by atoms with E-state index in [-0.39, 0.29) is 17.5 Å². The number of nitrogens with zero attached hydrogens (tertiary/aromatic N) is 1. The van der Waals surface area contributed by atoms with E-state index in [9.17, 15) is 23.2 Å². The minimum Gasteiger partial charge on any atom is -0.465 e. The zero-order valence-electron chi connectivity index (χ0n) is 14.8. The van der Waals surface area contributed by atoms with Crippen molar-refractivity contribution in [2.24, 2.45) is 5.92 Å². The van der Waals surface area contributed by atoms with Crippen LogP contribution in [0.25, 0.3) is 0 Å². The molecule has 2 amide bonds. The number of anilines is 1. The highest BCUT2D eigenvalue weighted by atomic mass is 19.1. The Labute approximate surface area is 150 Å². The molecule has 6 nitrogen and oxygen atoms in total. The Hall–Kier alpha value is -2.51. The molecule has 1 aromatic carbocycles. The average molecular weight is 368 g/mol. The van der Waals surface area contributed by atoms with E-state index in [2.05, 4.69) is 10.1 Å². The smallest absolute Gasteiger partial charge is 0.340 e. The van der Waals surface area contributed by atoms with Gasteiger partial charge in [0.15, 0.2) is 0 Å². The molecule has 1 saturated heterocycles. The summed E-state index contributed by atoms with van der Waals surface area (Å²) < 4.78 is 32.0. The SMILES string of the molecule is CCCC(=O)N1CCC(C(=O)Nc2cc(C(=O)OC)c(F)cc2F)CC1. The largest absolute Gasteiger partial charge is 0.465 e. The van der Waals surface area contributed by atoms with Crippen molar-refractivity contribution < 1.29 is 27.9 Å². The monoisotopic (exact) mass is 368 g/mol. The Balaban J connectivity index is 2.02. The van der Waals surface area contributed by atoms with E-state index in [1.54, 1.807) is 4.90 Å². The molecule has 8 heteroatoms. The van der Waals surface area contributed by atoms with E-state index in [0.717, 1.165) is 19.6 Å². The molecule has 1 aliphatic rings. The van der Waals surface area contributed by atoms with Gasteiger partial charge >= 0.3 is 5.97 Å². The van der Waals surface area contributed by atoms with Crippen LogP contribution in [0.3, 0.4) is 0 Å². The van der Waals surface area contributed by atoms with E-state index < -0.39 is 29.1 Å². The third-order valence-electron chi connectivity index (χ3n) is 4.40. The van der Waals surface area contributed by atoms with E-state index in [1.807, 2.05) is 6.92 Å². The first-order valence-corrected chi connectivity index (χ1v) is 8.53. The number of halogens is 2. The molecule has 0 saturated carbocycles. The summed E-state index contributed by atoms with van der Waals surface area (Å²) in [5, 5.41) is 2.40. The lowest BCUT2D eigenvalue weighted by molar-refractivity contribution is -0.134. The number of benzene rings is 1. The van der Waals surface area contributed by atoms with Gasteiger partial charge in [-0.3, -0.25) is 9.59 Å². The maximum Gasteiger partial charge on any atom is 0.340 e. The molecule has 1 aliphatic heterocycles. The van der Waals surface area contributed by atoms with Crippen LogP contribution < -0.4 is 5.32 Å². The first kappa shape index (κ1) is 19.8. The maximum atomic E-state index is 13.9. The average Bonchev–Trinajstić information content (AvgIpc) is 2.63. The Kier molecular flexibility index (Phi) is 6.65. The van der Waals surface area contributed by atoms with Crippen LogP contribution in [-0.4, -0.2) is 42.9 Å². The number of methoxy groups -OCH3 is 1. The third kappa shape index (κ3) is 4.56. The van der Waals surface area contributed by atoms with Crippen molar-refractivity contribution in [3.05, 3.63) is 29.3 Å². The fourth-order valence-electron chi connectivity index (χ4n) is 2.91. The van der Waals surface area contributed by atoms with Crippen LogP contribution in [0, 0.1) is 17.6 Å². The summed E-state index contributed by atoms with van der Waals surface area (Å²) in [7, 11) is 1.08. The lowest BCUT2D eigenvalue weighted by Gasteiger charge is -2.31. The van der Waals surface area contributed by atoms with Gasteiger partial charge in [-0.15, -0.1) is 0 Å². The predicted molar refractivity (Wildman–Crippen MR) is 90.5 cm³/mol. The summed E-state index contributed by atoms with van der Waals surface area (Å²) in [6.07, 6.45) is 2.18. The number of rotatable bonds is 5. The van der Waals surface area contributed by atoms with Crippen LogP contribution in [-0.2, 0) is 14.3 Å². The molecule has 0 bridgehead atoms. The van der Waals surface area contributed by atoms with Crippen LogP contribution in [0.15, 0.2) is 12.1 Å². The van der Waals surface area contributed by atoms with Gasteiger partial charge in [-0.2, -0.15) is 0 Å². The number of carbonyl (C=O) groups excluding carboxylic acids is 3. The highest BCUT2D eigenvalue weighted by Gasteiger charge is 2.28. The van der Waals surface area contributed by atoms with E-state index >= 15 is 0 Å². The summed E-state index contributed by atoms with van der Waals surface area (Å²) in [6, 6.07) is 1.46. The van der Waals surface area contributed by atoms with Crippen LogP contribution >= 0.6 is 0 Å². The Morgan fingerprint density at radius 1 is 1.19 bits per heavy atom. The molecule has 1 heterocycles. The number of esters is 1. The van der Waals surface area contributed by atoms with Gasteiger partial charge in [0.1, 0.15) is 11.6 Å². The van der Waals surface area contributed by atoms with Crippen molar-refractivity contribution in [1.29, 1.82) is 0 Å². The number of hydrogen-bond donors (Lipinski definition) is 1. The zero-order chi connectivity index (χ0) is 19.3. The highest BCUT2D eigenvalue weighted by Crippen LogP contribution is 2.24. The predicted octanol–water partition coefficient (Wildman–Crippen LogP) is 2.73. The van der Waals surface area contributed by atoms with Gasteiger partial charge in [0, 0.05) is 31.5 Å². The molecule has 0 atom stereocenters. The number of nitrogens with one attached hydrogen (secondary N) is 1. The van der Waals surface area contributed by atoms with Crippen molar-refractivity contribution in [3.8, 4) is 0 Å². The van der Waals surface area contributed by atoms with Crippen LogP contribution in [0.4, 0.5) is 14.5 Å². The third-order valence-corrected chi connectivity index (χ3v) is 4.40. The van der Waals surface area contributed by atoms with Gasteiger partial charge in [0.2, 0.25) is 11.8 Å². The van der Waals surface area contributed by atoms with Gasteiger partial charge in [-0.05, 0) is 25.3 Å². The van der Waals surface area contributed by atoms with Gasteiger partial charge in [-0.25, -0.2) is 13.6 Å². The van der Waals surface area contributed by atoms with Crippen molar-refractivity contribution >= 4 is 23.5 Å².